The van der Waals surface area contributed by atoms with Crippen molar-refractivity contribution < 1.29 is 14.7 Å². The van der Waals surface area contributed by atoms with Gasteiger partial charge in [0.15, 0.2) is 0 Å². The Balaban J connectivity index is 2.19. The lowest BCUT2D eigenvalue weighted by atomic mass is 10.2. The first-order valence-electron chi connectivity index (χ1n) is 6.40. The number of amides is 3. The van der Waals surface area contributed by atoms with Crippen molar-refractivity contribution in [3.8, 4) is 0 Å². The van der Waals surface area contributed by atoms with Gasteiger partial charge in [-0.25, -0.2) is 9.79 Å². The highest BCUT2D eigenvalue weighted by Gasteiger charge is 2.02. The fraction of sp³-hybridized carbons (Fsp3) is 0.357. The molecule has 0 aromatic heterocycles. The Morgan fingerprint density at radius 2 is 1.90 bits per heavy atom. The molecule has 3 amide bonds. The van der Waals surface area contributed by atoms with E-state index in [-0.39, 0.29) is 12.5 Å². The third-order valence-corrected chi connectivity index (χ3v) is 2.67. The highest BCUT2D eigenvalue weighted by Crippen LogP contribution is 2.10. The van der Waals surface area contributed by atoms with Gasteiger partial charge >= 0.3 is 6.03 Å². The number of aliphatic hydroxyl groups excluding tert-OH is 1. The van der Waals surface area contributed by atoms with Crippen molar-refractivity contribution in [1.29, 1.82) is 0 Å². The summed E-state index contributed by atoms with van der Waals surface area (Å²) < 4.78 is 0. The molecule has 0 spiro atoms. The second-order valence-electron chi connectivity index (χ2n) is 4.25. The van der Waals surface area contributed by atoms with Crippen LogP contribution in [0.25, 0.3) is 0 Å². The zero-order chi connectivity index (χ0) is 14.8. The van der Waals surface area contributed by atoms with Crippen molar-refractivity contribution in [1.82, 2.24) is 5.32 Å². The van der Waals surface area contributed by atoms with E-state index >= 15 is 0 Å². The molecule has 1 aromatic carbocycles. The van der Waals surface area contributed by atoms with Crippen LogP contribution in [-0.2, 0) is 11.4 Å². The zero-order valence-electron chi connectivity index (χ0n) is 11.3. The van der Waals surface area contributed by atoms with Crippen molar-refractivity contribution in [3.05, 3.63) is 29.8 Å². The normalized spacial score (nSPS) is 9.85. The number of nitrogens with one attached hydrogen (secondary N) is 2. The van der Waals surface area contributed by atoms with Gasteiger partial charge in [-0.15, -0.1) is 0 Å². The van der Waals surface area contributed by atoms with Crippen LogP contribution in [0.4, 0.5) is 10.5 Å². The Morgan fingerprint density at radius 1 is 1.20 bits per heavy atom. The molecule has 0 unspecified atom stereocenters. The number of carbonyl (C=O) groups excluding carboxylic acids is 2. The van der Waals surface area contributed by atoms with Gasteiger partial charge in [0, 0.05) is 18.7 Å². The van der Waals surface area contributed by atoms with Crippen LogP contribution in [-0.4, -0.2) is 30.3 Å². The molecule has 0 atom stereocenters. The lowest BCUT2D eigenvalue weighted by Gasteiger charge is -2.06. The number of urea groups is 1. The summed E-state index contributed by atoms with van der Waals surface area (Å²) in [7, 11) is 0. The molecule has 0 saturated heterocycles. The standard InChI is InChI=1S/C14H19N3O3/c1-15-14(20)16-9-3-2-4-13(19)17-12-7-5-11(10-18)6-8-12/h5-8,18H,1-4,9-10H2,(H,16,20)(H,17,19). The maximum Gasteiger partial charge on any atom is 0.340 e. The molecule has 1 aromatic rings. The SMILES string of the molecule is C=NC(=O)NCCCCC(=O)Nc1ccc(CO)cc1. The van der Waals surface area contributed by atoms with Gasteiger partial charge in [0.1, 0.15) is 0 Å². The van der Waals surface area contributed by atoms with Gasteiger partial charge in [0.2, 0.25) is 5.91 Å². The van der Waals surface area contributed by atoms with Crippen molar-refractivity contribution in [3.63, 3.8) is 0 Å². The molecule has 20 heavy (non-hydrogen) atoms. The molecule has 0 aliphatic carbocycles. The molecule has 0 saturated carbocycles. The highest BCUT2D eigenvalue weighted by molar-refractivity contribution is 5.90. The van der Waals surface area contributed by atoms with Crippen LogP contribution in [0.15, 0.2) is 29.3 Å². The number of aliphatic imine (C=N–C) groups is 1. The number of nitrogens with zero attached hydrogens (tertiary/aromatic N) is 1. The summed E-state index contributed by atoms with van der Waals surface area (Å²) in [4.78, 5) is 25.6. The molecule has 3 N–H and O–H groups in total. The van der Waals surface area contributed by atoms with E-state index in [0.717, 1.165) is 5.56 Å². The van der Waals surface area contributed by atoms with Crippen molar-refractivity contribution in [2.75, 3.05) is 11.9 Å². The van der Waals surface area contributed by atoms with E-state index in [1.54, 1.807) is 24.3 Å². The summed E-state index contributed by atoms with van der Waals surface area (Å²) in [5.74, 6) is -0.0741. The third kappa shape index (κ3) is 6.10. The van der Waals surface area contributed by atoms with Crippen LogP contribution in [0.5, 0.6) is 0 Å². The molecule has 6 heteroatoms. The molecule has 0 aliphatic heterocycles. The minimum Gasteiger partial charge on any atom is -0.392 e. The maximum absolute atomic E-state index is 11.6. The second kappa shape index (κ2) is 8.82. The van der Waals surface area contributed by atoms with Crippen LogP contribution < -0.4 is 10.6 Å². The fourth-order valence-electron chi connectivity index (χ4n) is 1.58. The van der Waals surface area contributed by atoms with E-state index in [1.165, 1.54) is 0 Å². The van der Waals surface area contributed by atoms with E-state index in [4.69, 9.17) is 5.11 Å². The molecular weight excluding hydrogens is 258 g/mol. The van der Waals surface area contributed by atoms with Crippen molar-refractivity contribution in [2.24, 2.45) is 4.99 Å². The monoisotopic (exact) mass is 277 g/mol. The lowest BCUT2D eigenvalue weighted by Crippen LogP contribution is -2.21. The Labute approximate surface area is 117 Å². The third-order valence-electron chi connectivity index (χ3n) is 2.67. The van der Waals surface area contributed by atoms with Gasteiger partial charge in [-0.05, 0) is 37.3 Å². The van der Waals surface area contributed by atoms with E-state index in [1.807, 2.05) is 0 Å². The number of anilines is 1. The summed E-state index contributed by atoms with van der Waals surface area (Å²) in [5.41, 5.74) is 1.51. The van der Waals surface area contributed by atoms with E-state index in [9.17, 15) is 9.59 Å². The van der Waals surface area contributed by atoms with Crippen LogP contribution in [0, 0.1) is 0 Å². The summed E-state index contributed by atoms with van der Waals surface area (Å²) in [6, 6.07) is 6.57. The fourth-order valence-corrected chi connectivity index (χ4v) is 1.58. The number of unbranched alkanes of at least 4 members (excludes halogenated alkanes) is 1. The number of hydrogen-bond acceptors (Lipinski definition) is 3. The van der Waals surface area contributed by atoms with Gasteiger partial charge in [0.05, 0.1) is 6.61 Å². The molecule has 0 fully saturated rings. The quantitative estimate of drug-likeness (QED) is 0.523. The van der Waals surface area contributed by atoms with E-state index < -0.39 is 6.03 Å². The Kier molecular flexibility index (Phi) is 6.99. The summed E-state index contributed by atoms with van der Waals surface area (Å²) in [5, 5.41) is 14.2. The summed E-state index contributed by atoms with van der Waals surface area (Å²) in [6.07, 6.45) is 1.77. The topological polar surface area (TPSA) is 90.8 Å². The summed E-state index contributed by atoms with van der Waals surface area (Å²) >= 11 is 0. The van der Waals surface area contributed by atoms with Crippen molar-refractivity contribution in [2.45, 2.75) is 25.9 Å². The molecular formula is C14H19N3O3. The highest BCUT2D eigenvalue weighted by atomic mass is 16.3. The molecule has 0 bridgehead atoms. The number of rotatable bonds is 7. The predicted octanol–water partition coefficient (Wildman–Crippen LogP) is 1.70. The Hall–Kier alpha value is -2.21. The maximum atomic E-state index is 11.6. The Morgan fingerprint density at radius 3 is 2.50 bits per heavy atom. The smallest absolute Gasteiger partial charge is 0.340 e. The first-order valence-corrected chi connectivity index (χ1v) is 6.40. The van der Waals surface area contributed by atoms with Gasteiger partial charge in [-0.2, -0.15) is 0 Å². The lowest BCUT2D eigenvalue weighted by molar-refractivity contribution is -0.116. The van der Waals surface area contributed by atoms with Crippen LogP contribution >= 0.6 is 0 Å². The number of aliphatic hydroxyl groups is 1. The largest absolute Gasteiger partial charge is 0.392 e. The zero-order valence-corrected chi connectivity index (χ0v) is 11.3. The molecule has 0 heterocycles. The van der Waals surface area contributed by atoms with Gasteiger partial charge in [0.25, 0.3) is 0 Å². The second-order valence-corrected chi connectivity index (χ2v) is 4.25. The average molecular weight is 277 g/mol. The van der Waals surface area contributed by atoms with Gasteiger partial charge < -0.3 is 15.7 Å². The first kappa shape index (κ1) is 15.8. The number of benzene rings is 1. The average Bonchev–Trinajstić information content (AvgIpc) is 2.47. The van der Waals surface area contributed by atoms with Gasteiger partial charge in [-0.1, -0.05) is 12.1 Å². The summed E-state index contributed by atoms with van der Waals surface area (Å²) in [6.45, 7) is 3.57. The van der Waals surface area contributed by atoms with E-state index in [2.05, 4.69) is 22.3 Å². The van der Waals surface area contributed by atoms with E-state index in [0.29, 0.717) is 31.5 Å². The van der Waals surface area contributed by atoms with Crippen molar-refractivity contribution >= 4 is 24.3 Å². The first-order chi connectivity index (χ1) is 9.65. The molecule has 6 nitrogen and oxygen atoms in total. The van der Waals surface area contributed by atoms with Crippen LogP contribution in [0.2, 0.25) is 0 Å². The van der Waals surface area contributed by atoms with Crippen LogP contribution in [0.3, 0.4) is 0 Å². The Bertz CT molecular complexity index is 457. The minimum atomic E-state index is -0.446. The molecule has 0 radical (unpaired) electrons. The molecule has 108 valence electrons. The number of hydrogen-bond donors (Lipinski definition) is 3. The molecule has 1 rings (SSSR count). The predicted molar refractivity (Wildman–Crippen MR) is 77.8 cm³/mol. The van der Waals surface area contributed by atoms with Gasteiger partial charge in [-0.3, -0.25) is 4.79 Å². The number of carbonyl (C=O) groups is 2. The molecule has 0 aliphatic rings. The minimum absolute atomic E-state index is 0.0144. The van der Waals surface area contributed by atoms with Crippen LogP contribution in [0.1, 0.15) is 24.8 Å².